The molecule has 0 saturated heterocycles. The van der Waals surface area contributed by atoms with Gasteiger partial charge in [0.05, 0.1) is 5.56 Å². The standard InChI is InChI=1S/C15H22N2O3/c1-10-5-6-11(9-12(10)13(18)19)17-14(20)16-8-7-15(2,3)4/h5-6,9H,7-8H2,1-4H3,(H,18,19)(H2,16,17,20). The Hall–Kier alpha value is -2.04. The van der Waals surface area contributed by atoms with Crippen LogP contribution in [0.1, 0.15) is 43.1 Å². The van der Waals surface area contributed by atoms with Gasteiger partial charge in [0.1, 0.15) is 0 Å². The van der Waals surface area contributed by atoms with Crippen LogP contribution in [-0.2, 0) is 0 Å². The van der Waals surface area contributed by atoms with Crippen LogP contribution < -0.4 is 10.6 Å². The molecule has 1 aromatic rings. The normalized spacial score (nSPS) is 11.0. The largest absolute Gasteiger partial charge is 0.478 e. The molecule has 0 unspecified atom stereocenters. The number of amides is 2. The van der Waals surface area contributed by atoms with Crippen LogP contribution in [0.15, 0.2) is 18.2 Å². The average Bonchev–Trinajstić information content (AvgIpc) is 2.29. The molecule has 0 aliphatic heterocycles. The fraction of sp³-hybridized carbons (Fsp3) is 0.467. The molecule has 0 aromatic heterocycles. The first-order valence-corrected chi connectivity index (χ1v) is 6.58. The Morgan fingerprint density at radius 2 is 1.90 bits per heavy atom. The number of carbonyl (C=O) groups excluding carboxylic acids is 1. The molecule has 0 radical (unpaired) electrons. The van der Waals surface area contributed by atoms with Crippen LogP contribution >= 0.6 is 0 Å². The highest BCUT2D eigenvalue weighted by molar-refractivity contribution is 5.94. The van der Waals surface area contributed by atoms with E-state index < -0.39 is 5.97 Å². The second-order valence-corrected chi connectivity index (χ2v) is 6.03. The Morgan fingerprint density at radius 1 is 1.25 bits per heavy atom. The predicted octanol–water partition coefficient (Wildman–Crippen LogP) is 3.25. The molecule has 0 aliphatic rings. The zero-order valence-electron chi connectivity index (χ0n) is 12.4. The lowest BCUT2D eigenvalue weighted by Crippen LogP contribution is -2.31. The lowest BCUT2D eigenvalue weighted by molar-refractivity contribution is 0.0696. The van der Waals surface area contributed by atoms with Crippen molar-refractivity contribution in [2.45, 2.75) is 34.1 Å². The first-order valence-electron chi connectivity index (χ1n) is 6.58. The van der Waals surface area contributed by atoms with E-state index in [1.807, 2.05) is 0 Å². The van der Waals surface area contributed by atoms with Gasteiger partial charge in [0.25, 0.3) is 0 Å². The maximum atomic E-state index is 11.7. The summed E-state index contributed by atoms with van der Waals surface area (Å²) in [6.45, 7) is 8.60. The summed E-state index contributed by atoms with van der Waals surface area (Å²) in [5, 5.41) is 14.4. The Bertz CT molecular complexity index is 504. The zero-order valence-corrected chi connectivity index (χ0v) is 12.4. The summed E-state index contributed by atoms with van der Waals surface area (Å²) < 4.78 is 0. The number of carboxylic acids is 1. The molecule has 0 spiro atoms. The molecule has 2 amide bonds. The molecular formula is C15H22N2O3. The van der Waals surface area contributed by atoms with Crippen LogP contribution in [0.2, 0.25) is 0 Å². The van der Waals surface area contributed by atoms with E-state index in [1.165, 1.54) is 6.07 Å². The number of nitrogens with one attached hydrogen (secondary N) is 2. The molecule has 110 valence electrons. The van der Waals surface area contributed by atoms with E-state index in [-0.39, 0.29) is 17.0 Å². The van der Waals surface area contributed by atoms with Crippen LogP contribution in [0, 0.1) is 12.3 Å². The second kappa shape index (κ2) is 6.41. The van der Waals surface area contributed by atoms with E-state index in [1.54, 1.807) is 19.1 Å². The molecule has 0 saturated carbocycles. The molecule has 3 N–H and O–H groups in total. The Morgan fingerprint density at radius 3 is 2.45 bits per heavy atom. The number of aromatic carboxylic acids is 1. The molecule has 1 aromatic carbocycles. The third kappa shape index (κ3) is 5.30. The zero-order chi connectivity index (χ0) is 15.3. The molecule has 0 fully saturated rings. The molecule has 0 bridgehead atoms. The van der Waals surface area contributed by atoms with Gasteiger partial charge >= 0.3 is 12.0 Å². The Labute approximate surface area is 119 Å². The van der Waals surface area contributed by atoms with Gasteiger partial charge < -0.3 is 15.7 Å². The summed E-state index contributed by atoms with van der Waals surface area (Å²) in [5.74, 6) is -1.00. The first-order chi connectivity index (χ1) is 9.19. The molecule has 0 aliphatic carbocycles. The second-order valence-electron chi connectivity index (χ2n) is 6.03. The van der Waals surface area contributed by atoms with Gasteiger partial charge in [-0.15, -0.1) is 0 Å². The van der Waals surface area contributed by atoms with E-state index in [2.05, 4.69) is 31.4 Å². The van der Waals surface area contributed by atoms with E-state index in [4.69, 9.17) is 5.11 Å². The fourth-order valence-corrected chi connectivity index (χ4v) is 1.66. The molecular weight excluding hydrogens is 256 g/mol. The van der Waals surface area contributed by atoms with E-state index >= 15 is 0 Å². The summed E-state index contributed by atoms with van der Waals surface area (Å²) in [4.78, 5) is 22.7. The maximum Gasteiger partial charge on any atom is 0.336 e. The summed E-state index contributed by atoms with van der Waals surface area (Å²) in [6, 6.07) is 4.50. The molecule has 0 heterocycles. The summed E-state index contributed by atoms with van der Waals surface area (Å²) in [6.07, 6.45) is 0.870. The van der Waals surface area contributed by atoms with Crippen molar-refractivity contribution < 1.29 is 14.7 Å². The molecule has 0 atom stereocenters. The Kier molecular flexibility index (Phi) is 5.13. The SMILES string of the molecule is Cc1ccc(NC(=O)NCCC(C)(C)C)cc1C(=O)O. The van der Waals surface area contributed by atoms with Crippen molar-refractivity contribution in [1.29, 1.82) is 0 Å². The minimum Gasteiger partial charge on any atom is -0.478 e. The summed E-state index contributed by atoms with van der Waals surface area (Å²) in [5.41, 5.74) is 1.49. The fourth-order valence-electron chi connectivity index (χ4n) is 1.66. The van der Waals surface area contributed by atoms with Gasteiger partial charge in [-0.3, -0.25) is 0 Å². The van der Waals surface area contributed by atoms with Crippen molar-refractivity contribution in [3.05, 3.63) is 29.3 Å². The van der Waals surface area contributed by atoms with Gasteiger partial charge in [-0.1, -0.05) is 26.8 Å². The van der Waals surface area contributed by atoms with E-state index in [0.29, 0.717) is 17.8 Å². The van der Waals surface area contributed by atoms with Gasteiger partial charge in [-0.2, -0.15) is 0 Å². The number of benzene rings is 1. The third-order valence-corrected chi connectivity index (χ3v) is 2.89. The highest BCUT2D eigenvalue weighted by atomic mass is 16.4. The number of urea groups is 1. The number of anilines is 1. The molecule has 5 heteroatoms. The van der Waals surface area contributed by atoms with Crippen molar-refractivity contribution in [1.82, 2.24) is 5.32 Å². The van der Waals surface area contributed by atoms with Gasteiger partial charge in [-0.05, 0) is 36.5 Å². The van der Waals surface area contributed by atoms with Gasteiger partial charge in [0.2, 0.25) is 0 Å². The number of carbonyl (C=O) groups is 2. The average molecular weight is 278 g/mol. The van der Waals surface area contributed by atoms with E-state index in [0.717, 1.165) is 6.42 Å². The van der Waals surface area contributed by atoms with Crippen molar-refractivity contribution >= 4 is 17.7 Å². The van der Waals surface area contributed by atoms with Crippen LogP contribution in [-0.4, -0.2) is 23.7 Å². The third-order valence-electron chi connectivity index (χ3n) is 2.89. The maximum absolute atomic E-state index is 11.7. The number of hydrogen-bond donors (Lipinski definition) is 3. The summed E-state index contributed by atoms with van der Waals surface area (Å²) in [7, 11) is 0. The van der Waals surface area contributed by atoms with Crippen LogP contribution in [0.25, 0.3) is 0 Å². The van der Waals surface area contributed by atoms with Crippen molar-refractivity contribution in [3.8, 4) is 0 Å². The lowest BCUT2D eigenvalue weighted by Gasteiger charge is -2.18. The number of hydrogen-bond acceptors (Lipinski definition) is 2. The van der Waals surface area contributed by atoms with Crippen molar-refractivity contribution in [2.24, 2.45) is 5.41 Å². The minimum absolute atomic E-state index is 0.160. The first kappa shape index (κ1) is 16.0. The predicted molar refractivity (Wildman–Crippen MR) is 79.2 cm³/mol. The summed E-state index contributed by atoms with van der Waals surface area (Å²) >= 11 is 0. The number of carboxylic acid groups (broad SMARTS) is 1. The molecule has 1 rings (SSSR count). The smallest absolute Gasteiger partial charge is 0.336 e. The van der Waals surface area contributed by atoms with Crippen LogP contribution in [0.3, 0.4) is 0 Å². The van der Waals surface area contributed by atoms with Gasteiger partial charge in [0.15, 0.2) is 0 Å². The molecule has 5 nitrogen and oxygen atoms in total. The highest BCUT2D eigenvalue weighted by Crippen LogP contribution is 2.17. The van der Waals surface area contributed by atoms with Crippen LogP contribution in [0.5, 0.6) is 0 Å². The Balaban J connectivity index is 2.58. The van der Waals surface area contributed by atoms with Crippen molar-refractivity contribution in [3.63, 3.8) is 0 Å². The lowest BCUT2D eigenvalue weighted by atomic mass is 9.92. The number of rotatable bonds is 4. The van der Waals surface area contributed by atoms with Crippen molar-refractivity contribution in [2.75, 3.05) is 11.9 Å². The number of aryl methyl sites for hydroxylation is 1. The van der Waals surface area contributed by atoms with Gasteiger partial charge in [0, 0.05) is 12.2 Å². The van der Waals surface area contributed by atoms with Gasteiger partial charge in [-0.25, -0.2) is 9.59 Å². The highest BCUT2D eigenvalue weighted by Gasteiger charge is 2.11. The van der Waals surface area contributed by atoms with Crippen LogP contribution in [0.4, 0.5) is 10.5 Å². The van der Waals surface area contributed by atoms with E-state index in [9.17, 15) is 9.59 Å². The molecule has 20 heavy (non-hydrogen) atoms. The topological polar surface area (TPSA) is 78.4 Å². The minimum atomic E-state index is -1.00. The quantitative estimate of drug-likeness (QED) is 0.791. The monoisotopic (exact) mass is 278 g/mol.